The highest BCUT2D eigenvalue weighted by atomic mass is 19.4. The van der Waals surface area contributed by atoms with E-state index in [1.165, 1.54) is 6.07 Å². The summed E-state index contributed by atoms with van der Waals surface area (Å²) in [6.07, 6.45) is -3.37. The lowest BCUT2D eigenvalue weighted by Crippen LogP contribution is -2.09. The van der Waals surface area contributed by atoms with E-state index in [0.29, 0.717) is 5.56 Å². The molecule has 0 radical (unpaired) electrons. The molecule has 3 atom stereocenters. The van der Waals surface area contributed by atoms with Crippen LogP contribution < -0.4 is 0 Å². The maximum absolute atomic E-state index is 12.9. The number of nitrogens with zero attached hydrogens (tertiary/aromatic N) is 1. The zero-order chi connectivity index (χ0) is 17.3. The fraction of sp³-hybridized carbons (Fsp3) is 0.333. The number of benzene rings is 1. The van der Waals surface area contributed by atoms with Crippen molar-refractivity contribution in [1.29, 1.82) is 0 Å². The van der Waals surface area contributed by atoms with Gasteiger partial charge in [0.15, 0.2) is 0 Å². The lowest BCUT2D eigenvalue weighted by Gasteiger charge is -2.07. The summed E-state index contributed by atoms with van der Waals surface area (Å²) in [4.78, 5) is 15.6. The van der Waals surface area contributed by atoms with E-state index in [-0.39, 0.29) is 24.4 Å². The van der Waals surface area contributed by atoms with Gasteiger partial charge in [-0.3, -0.25) is 9.78 Å². The van der Waals surface area contributed by atoms with Crippen molar-refractivity contribution in [3.63, 3.8) is 0 Å². The second-order valence-corrected chi connectivity index (χ2v) is 5.71. The van der Waals surface area contributed by atoms with E-state index >= 15 is 0 Å². The zero-order valence-corrected chi connectivity index (χ0v) is 13.0. The Bertz CT molecular complexity index is 731. The largest absolute Gasteiger partial charge is 0.466 e. The number of hydrogen-bond donors (Lipinski definition) is 0. The predicted molar refractivity (Wildman–Crippen MR) is 81.3 cm³/mol. The number of rotatable bonds is 4. The second-order valence-electron chi connectivity index (χ2n) is 5.71. The van der Waals surface area contributed by atoms with Crippen LogP contribution in [-0.2, 0) is 15.7 Å². The quantitative estimate of drug-likeness (QED) is 0.788. The smallest absolute Gasteiger partial charge is 0.433 e. The number of ether oxygens (including phenoxy) is 1. The second kappa shape index (κ2) is 6.26. The number of carbonyl (C=O) groups is 1. The van der Waals surface area contributed by atoms with Gasteiger partial charge in [0.25, 0.3) is 0 Å². The van der Waals surface area contributed by atoms with E-state index in [1.54, 1.807) is 6.92 Å². The van der Waals surface area contributed by atoms with Crippen LogP contribution in [0.1, 0.15) is 35.6 Å². The van der Waals surface area contributed by atoms with Crippen LogP contribution in [0.25, 0.3) is 0 Å². The van der Waals surface area contributed by atoms with Gasteiger partial charge in [-0.2, -0.15) is 13.2 Å². The van der Waals surface area contributed by atoms with Crippen LogP contribution in [0.5, 0.6) is 0 Å². The zero-order valence-electron chi connectivity index (χ0n) is 13.0. The summed E-state index contributed by atoms with van der Waals surface area (Å²) < 4.78 is 43.8. The monoisotopic (exact) mass is 335 g/mol. The van der Waals surface area contributed by atoms with Gasteiger partial charge in [0.2, 0.25) is 0 Å². The Hall–Kier alpha value is -2.37. The van der Waals surface area contributed by atoms with Gasteiger partial charge in [-0.25, -0.2) is 0 Å². The van der Waals surface area contributed by atoms with Gasteiger partial charge in [0.05, 0.1) is 12.5 Å². The van der Waals surface area contributed by atoms with Crippen molar-refractivity contribution in [1.82, 2.24) is 4.98 Å². The Morgan fingerprint density at radius 1 is 1.12 bits per heavy atom. The lowest BCUT2D eigenvalue weighted by atomic mass is 10.0. The summed E-state index contributed by atoms with van der Waals surface area (Å²) >= 11 is 0. The van der Waals surface area contributed by atoms with Crippen LogP contribution in [0.3, 0.4) is 0 Å². The molecule has 0 unspecified atom stereocenters. The lowest BCUT2D eigenvalue weighted by molar-refractivity contribution is -0.145. The molecule has 0 spiro atoms. The topological polar surface area (TPSA) is 39.2 Å². The molecule has 6 heteroatoms. The molecule has 126 valence electrons. The molecule has 1 fully saturated rings. The van der Waals surface area contributed by atoms with E-state index in [9.17, 15) is 18.0 Å². The highest BCUT2D eigenvalue weighted by molar-refractivity contribution is 5.80. The molecule has 24 heavy (non-hydrogen) atoms. The molecule has 0 bridgehead atoms. The Labute approximate surface area is 137 Å². The molecule has 1 aromatic heterocycles. The molecule has 3 nitrogen and oxygen atoms in total. The van der Waals surface area contributed by atoms with Crippen LogP contribution in [0.2, 0.25) is 0 Å². The van der Waals surface area contributed by atoms with Gasteiger partial charge in [-0.15, -0.1) is 0 Å². The van der Waals surface area contributed by atoms with E-state index in [1.807, 2.05) is 30.3 Å². The predicted octanol–water partition coefficient (Wildman–Crippen LogP) is 4.16. The van der Waals surface area contributed by atoms with Crippen molar-refractivity contribution in [2.45, 2.75) is 24.9 Å². The van der Waals surface area contributed by atoms with Crippen molar-refractivity contribution in [2.75, 3.05) is 6.61 Å². The summed E-state index contributed by atoms with van der Waals surface area (Å²) in [7, 11) is 0. The van der Waals surface area contributed by atoms with Gasteiger partial charge in [-0.05, 0) is 30.2 Å². The third-order valence-corrected chi connectivity index (χ3v) is 4.22. The van der Waals surface area contributed by atoms with E-state index in [2.05, 4.69) is 4.98 Å². The first-order chi connectivity index (χ1) is 11.4. The standard InChI is InChI=1S/C18H16F3NO2/c1-2-24-17(23)16-14(11-6-4-3-5-7-11)15(16)12-8-9-22-13(10-12)18(19,20)21/h3-10,14-16H,2H2,1H3/t14-,15-,16-/m1/s1. The SMILES string of the molecule is CCOC(=O)[C@@H]1[C@H](c2ccccc2)[C@H]1c1ccnc(C(F)(F)F)c1. The molecule has 0 amide bonds. The van der Waals surface area contributed by atoms with Crippen molar-refractivity contribution in [3.8, 4) is 0 Å². The molecule has 3 rings (SSSR count). The Morgan fingerprint density at radius 2 is 1.79 bits per heavy atom. The molecule has 1 aliphatic carbocycles. The first-order valence-electron chi connectivity index (χ1n) is 7.68. The Morgan fingerprint density at radius 3 is 2.42 bits per heavy atom. The van der Waals surface area contributed by atoms with Crippen molar-refractivity contribution < 1.29 is 22.7 Å². The van der Waals surface area contributed by atoms with Crippen LogP contribution in [0.4, 0.5) is 13.2 Å². The number of pyridine rings is 1. The van der Waals surface area contributed by atoms with Gasteiger partial charge >= 0.3 is 12.1 Å². The first-order valence-corrected chi connectivity index (χ1v) is 7.68. The Kier molecular flexibility index (Phi) is 4.30. The minimum atomic E-state index is -4.51. The van der Waals surface area contributed by atoms with E-state index in [4.69, 9.17) is 4.74 Å². The fourth-order valence-corrected chi connectivity index (χ4v) is 3.16. The third-order valence-electron chi connectivity index (χ3n) is 4.22. The molecule has 1 saturated carbocycles. The molecule has 0 aliphatic heterocycles. The number of hydrogen-bond acceptors (Lipinski definition) is 3. The summed E-state index contributed by atoms with van der Waals surface area (Å²) in [5.74, 6) is -1.33. The molecule has 0 saturated heterocycles. The highest BCUT2D eigenvalue weighted by Gasteiger charge is 2.57. The normalized spacial score (nSPS) is 22.9. The average molecular weight is 335 g/mol. The number of carbonyl (C=O) groups excluding carboxylic acids is 1. The van der Waals surface area contributed by atoms with Crippen molar-refractivity contribution >= 4 is 5.97 Å². The van der Waals surface area contributed by atoms with Crippen molar-refractivity contribution in [3.05, 3.63) is 65.5 Å². The number of halogens is 3. The minimum absolute atomic E-state index is 0.172. The van der Waals surface area contributed by atoms with Crippen LogP contribution in [0.15, 0.2) is 48.7 Å². The van der Waals surface area contributed by atoms with E-state index < -0.39 is 17.8 Å². The van der Waals surface area contributed by atoms with Gasteiger partial charge < -0.3 is 4.74 Å². The van der Waals surface area contributed by atoms with Crippen LogP contribution in [-0.4, -0.2) is 17.6 Å². The molecular formula is C18H16F3NO2. The van der Waals surface area contributed by atoms with E-state index in [0.717, 1.165) is 17.8 Å². The molecular weight excluding hydrogens is 319 g/mol. The molecule has 1 aromatic carbocycles. The Balaban J connectivity index is 1.94. The minimum Gasteiger partial charge on any atom is -0.466 e. The van der Waals surface area contributed by atoms with Gasteiger partial charge in [0.1, 0.15) is 5.69 Å². The summed E-state index contributed by atoms with van der Waals surface area (Å²) in [6.45, 7) is 1.95. The van der Waals surface area contributed by atoms with Crippen molar-refractivity contribution in [2.24, 2.45) is 5.92 Å². The summed E-state index contributed by atoms with van der Waals surface area (Å²) in [5, 5.41) is 0. The third kappa shape index (κ3) is 3.13. The molecule has 2 aromatic rings. The molecule has 1 heterocycles. The highest BCUT2D eigenvalue weighted by Crippen LogP contribution is 2.61. The fourth-order valence-electron chi connectivity index (χ4n) is 3.16. The number of esters is 1. The number of aromatic nitrogens is 1. The van der Waals surface area contributed by atoms with Gasteiger partial charge in [0, 0.05) is 18.0 Å². The molecule has 1 aliphatic rings. The number of alkyl halides is 3. The maximum atomic E-state index is 12.9. The van der Waals surface area contributed by atoms with Crippen LogP contribution in [0, 0.1) is 5.92 Å². The maximum Gasteiger partial charge on any atom is 0.433 e. The first kappa shape index (κ1) is 16.5. The average Bonchev–Trinajstić information content (AvgIpc) is 3.31. The van der Waals surface area contributed by atoms with Gasteiger partial charge in [-0.1, -0.05) is 30.3 Å². The summed E-state index contributed by atoms with van der Waals surface area (Å²) in [5.41, 5.74) is 0.441. The molecule has 0 N–H and O–H groups in total. The summed E-state index contributed by atoms with van der Waals surface area (Å²) in [6, 6.07) is 11.9. The van der Waals surface area contributed by atoms with Crippen LogP contribution >= 0.6 is 0 Å².